The van der Waals surface area contributed by atoms with Gasteiger partial charge in [-0.25, -0.2) is 0 Å². The summed E-state index contributed by atoms with van der Waals surface area (Å²) in [4.78, 5) is 2.27. The summed E-state index contributed by atoms with van der Waals surface area (Å²) in [7, 11) is 2.13. The Morgan fingerprint density at radius 1 is 1.38 bits per heavy atom. The van der Waals surface area contributed by atoms with Crippen molar-refractivity contribution in [3.63, 3.8) is 0 Å². The number of nitrogens with zero attached hydrogens (tertiary/aromatic N) is 1. The van der Waals surface area contributed by atoms with Gasteiger partial charge in [0.2, 0.25) is 0 Å². The van der Waals surface area contributed by atoms with E-state index in [4.69, 9.17) is 4.74 Å². The lowest BCUT2D eigenvalue weighted by molar-refractivity contribution is 0.0791. The summed E-state index contributed by atoms with van der Waals surface area (Å²) in [6.07, 6.45) is 0. The molecule has 1 heterocycles. The van der Waals surface area contributed by atoms with Crippen molar-refractivity contribution in [1.29, 1.82) is 0 Å². The number of benzene rings is 1. The zero-order valence-electron chi connectivity index (χ0n) is 10.1. The van der Waals surface area contributed by atoms with E-state index < -0.39 is 0 Å². The maximum absolute atomic E-state index is 5.45. The number of hydrogen-bond acceptors (Lipinski definition) is 3. The second-order valence-electron chi connectivity index (χ2n) is 4.44. The molecule has 1 atom stereocenters. The van der Waals surface area contributed by atoms with Crippen LogP contribution in [0.25, 0.3) is 0 Å². The van der Waals surface area contributed by atoms with E-state index >= 15 is 0 Å². The lowest BCUT2D eigenvalue weighted by atomic mass is 10.2. The van der Waals surface area contributed by atoms with E-state index in [1.807, 2.05) is 0 Å². The van der Waals surface area contributed by atoms with Crippen LogP contribution < -0.4 is 10.2 Å². The first kappa shape index (κ1) is 11.4. The van der Waals surface area contributed by atoms with Gasteiger partial charge in [0.25, 0.3) is 0 Å². The molecular formula is C13H20N2O. The van der Waals surface area contributed by atoms with Crippen LogP contribution >= 0.6 is 0 Å². The minimum Gasteiger partial charge on any atom is -0.378 e. The van der Waals surface area contributed by atoms with Crippen molar-refractivity contribution in [2.24, 2.45) is 0 Å². The number of likely N-dealkylation sites (N-methyl/N-ethyl adjacent to an activating group) is 1. The van der Waals surface area contributed by atoms with E-state index in [1.165, 1.54) is 11.3 Å². The van der Waals surface area contributed by atoms with E-state index in [1.54, 1.807) is 0 Å². The summed E-state index contributed by atoms with van der Waals surface area (Å²) in [5.74, 6) is 0. The van der Waals surface area contributed by atoms with Crippen LogP contribution in [-0.4, -0.2) is 39.4 Å². The zero-order chi connectivity index (χ0) is 11.4. The highest BCUT2D eigenvalue weighted by atomic mass is 16.5. The van der Waals surface area contributed by atoms with Crippen molar-refractivity contribution in [3.05, 3.63) is 29.8 Å². The number of aryl methyl sites for hydroxylation is 1. The second kappa shape index (κ2) is 5.32. The van der Waals surface area contributed by atoms with Crippen LogP contribution in [0.1, 0.15) is 5.56 Å². The molecule has 0 aliphatic carbocycles. The van der Waals surface area contributed by atoms with Crippen molar-refractivity contribution >= 4 is 5.69 Å². The predicted molar refractivity (Wildman–Crippen MR) is 67.1 cm³/mol. The SMILES string of the molecule is Cc1ccc(N(C)CC2COCCN2)cc1. The third kappa shape index (κ3) is 2.97. The van der Waals surface area contributed by atoms with Crippen LogP contribution in [-0.2, 0) is 4.74 Å². The Hall–Kier alpha value is -1.06. The summed E-state index contributed by atoms with van der Waals surface area (Å²) in [5, 5.41) is 3.46. The molecule has 3 nitrogen and oxygen atoms in total. The number of nitrogens with one attached hydrogen (secondary N) is 1. The van der Waals surface area contributed by atoms with Gasteiger partial charge in [-0.3, -0.25) is 0 Å². The number of hydrogen-bond donors (Lipinski definition) is 1. The average molecular weight is 220 g/mol. The van der Waals surface area contributed by atoms with Gasteiger partial charge < -0.3 is 15.0 Å². The molecule has 1 aliphatic heterocycles. The number of anilines is 1. The lowest BCUT2D eigenvalue weighted by Gasteiger charge is -2.29. The Labute approximate surface area is 97.4 Å². The molecule has 1 aliphatic rings. The summed E-state index contributed by atoms with van der Waals surface area (Å²) in [6, 6.07) is 9.07. The molecular weight excluding hydrogens is 200 g/mol. The highest BCUT2D eigenvalue weighted by Crippen LogP contribution is 2.13. The molecule has 3 heteroatoms. The molecule has 2 rings (SSSR count). The van der Waals surface area contributed by atoms with Gasteiger partial charge in [0.1, 0.15) is 0 Å². The van der Waals surface area contributed by atoms with Crippen LogP contribution in [0, 0.1) is 6.92 Å². The average Bonchev–Trinajstić information content (AvgIpc) is 2.31. The van der Waals surface area contributed by atoms with E-state index in [9.17, 15) is 0 Å². The molecule has 1 saturated heterocycles. The van der Waals surface area contributed by atoms with Crippen LogP contribution in [0.2, 0.25) is 0 Å². The molecule has 0 saturated carbocycles. The fourth-order valence-electron chi connectivity index (χ4n) is 1.97. The Bertz CT molecular complexity index is 317. The second-order valence-corrected chi connectivity index (χ2v) is 4.44. The van der Waals surface area contributed by atoms with Gasteiger partial charge in [0.05, 0.1) is 13.2 Å². The van der Waals surface area contributed by atoms with Gasteiger partial charge in [0, 0.05) is 31.9 Å². The molecule has 1 fully saturated rings. The monoisotopic (exact) mass is 220 g/mol. The number of ether oxygens (including phenoxy) is 1. The van der Waals surface area contributed by atoms with Crippen molar-refractivity contribution in [1.82, 2.24) is 5.32 Å². The summed E-state index contributed by atoms with van der Waals surface area (Å²) in [5.41, 5.74) is 2.56. The number of rotatable bonds is 3. The number of morpholine rings is 1. The maximum atomic E-state index is 5.45. The van der Waals surface area contributed by atoms with Gasteiger partial charge in [0.15, 0.2) is 0 Å². The van der Waals surface area contributed by atoms with E-state index in [-0.39, 0.29) is 0 Å². The molecule has 16 heavy (non-hydrogen) atoms. The maximum Gasteiger partial charge on any atom is 0.0637 e. The smallest absolute Gasteiger partial charge is 0.0637 e. The van der Waals surface area contributed by atoms with Crippen molar-refractivity contribution in [2.45, 2.75) is 13.0 Å². The summed E-state index contributed by atoms with van der Waals surface area (Å²) >= 11 is 0. The summed E-state index contributed by atoms with van der Waals surface area (Å²) < 4.78 is 5.45. The van der Waals surface area contributed by atoms with E-state index in [0.29, 0.717) is 6.04 Å². The zero-order valence-corrected chi connectivity index (χ0v) is 10.1. The first-order valence-electron chi connectivity index (χ1n) is 5.84. The van der Waals surface area contributed by atoms with Gasteiger partial charge in [-0.2, -0.15) is 0 Å². The van der Waals surface area contributed by atoms with Crippen molar-refractivity contribution in [3.8, 4) is 0 Å². The van der Waals surface area contributed by atoms with Crippen molar-refractivity contribution < 1.29 is 4.74 Å². The Balaban J connectivity index is 1.91. The molecule has 88 valence electrons. The molecule has 0 spiro atoms. The predicted octanol–water partition coefficient (Wildman–Crippen LogP) is 1.42. The van der Waals surface area contributed by atoms with Crippen LogP contribution in [0.5, 0.6) is 0 Å². The van der Waals surface area contributed by atoms with Crippen LogP contribution in [0.4, 0.5) is 5.69 Å². The minimum absolute atomic E-state index is 0.444. The van der Waals surface area contributed by atoms with Gasteiger partial charge in [-0.05, 0) is 19.1 Å². The first-order valence-corrected chi connectivity index (χ1v) is 5.84. The molecule has 1 unspecified atom stereocenters. The first-order chi connectivity index (χ1) is 7.75. The summed E-state index contributed by atoms with van der Waals surface area (Å²) in [6.45, 7) is 5.72. The van der Waals surface area contributed by atoms with Gasteiger partial charge >= 0.3 is 0 Å². The third-order valence-electron chi connectivity index (χ3n) is 2.97. The Morgan fingerprint density at radius 2 is 2.12 bits per heavy atom. The quantitative estimate of drug-likeness (QED) is 0.834. The molecule has 1 aromatic rings. The molecule has 0 amide bonds. The third-order valence-corrected chi connectivity index (χ3v) is 2.97. The van der Waals surface area contributed by atoms with Gasteiger partial charge in [-0.15, -0.1) is 0 Å². The molecule has 0 aromatic heterocycles. The fraction of sp³-hybridized carbons (Fsp3) is 0.538. The van der Waals surface area contributed by atoms with Crippen LogP contribution in [0.15, 0.2) is 24.3 Å². The van der Waals surface area contributed by atoms with E-state index in [2.05, 4.69) is 48.5 Å². The highest BCUT2D eigenvalue weighted by Gasteiger charge is 2.14. The minimum atomic E-state index is 0.444. The Kier molecular flexibility index (Phi) is 3.80. The normalized spacial score (nSPS) is 20.8. The highest BCUT2D eigenvalue weighted by molar-refractivity contribution is 5.46. The Morgan fingerprint density at radius 3 is 2.75 bits per heavy atom. The topological polar surface area (TPSA) is 24.5 Å². The largest absolute Gasteiger partial charge is 0.378 e. The van der Waals surface area contributed by atoms with Crippen LogP contribution in [0.3, 0.4) is 0 Å². The van der Waals surface area contributed by atoms with Crippen molar-refractivity contribution in [2.75, 3.05) is 38.3 Å². The molecule has 1 aromatic carbocycles. The van der Waals surface area contributed by atoms with E-state index in [0.717, 1.165) is 26.3 Å². The van der Waals surface area contributed by atoms with Gasteiger partial charge in [-0.1, -0.05) is 17.7 Å². The molecule has 1 N–H and O–H groups in total. The molecule has 0 radical (unpaired) electrons. The standard InChI is InChI=1S/C13H20N2O/c1-11-3-5-13(6-4-11)15(2)9-12-10-16-8-7-14-12/h3-6,12,14H,7-10H2,1-2H3. The lowest BCUT2D eigenvalue weighted by Crippen LogP contribution is -2.47. The fourth-order valence-corrected chi connectivity index (χ4v) is 1.97. The molecule has 0 bridgehead atoms.